The van der Waals surface area contributed by atoms with Crippen LogP contribution < -0.4 is 5.56 Å². The second-order valence-corrected chi connectivity index (χ2v) is 6.15. The first-order valence-corrected chi connectivity index (χ1v) is 8.34. The molecule has 0 saturated heterocycles. The second-order valence-electron chi connectivity index (χ2n) is 6.15. The predicted octanol–water partition coefficient (Wildman–Crippen LogP) is 3.20. The van der Waals surface area contributed by atoms with Crippen LogP contribution in [-0.2, 0) is 6.54 Å². The van der Waals surface area contributed by atoms with Crippen molar-refractivity contribution in [2.24, 2.45) is 0 Å². The lowest BCUT2D eigenvalue weighted by atomic mass is 10.1. The molecule has 0 bridgehead atoms. The summed E-state index contributed by atoms with van der Waals surface area (Å²) in [6.07, 6.45) is 0. The maximum absolute atomic E-state index is 12.8. The minimum atomic E-state index is -0.185. The van der Waals surface area contributed by atoms with Gasteiger partial charge in [-0.3, -0.25) is 9.59 Å². The molecule has 0 radical (unpaired) electrons. The molecule has 1 heterocycles. The first-order chi connectivity index (χ1) is 12.0. The van der Waals surface area contributed by atoms with Crippen molar-refractivity contribution in [2.45, 2.75) is 27.3 Å². The molecule has 0 fully saturated rings. The Morgan fingerprint density at radius 2 is 1.88 bits per heavy atom. The lowest BCUT2D eigenvalue weighted by Gasteiger charge is -2.21. The maximum atomic E-state index is 12.8. The highest BCUT2D eigenvalue weighted by Crippen LogP contribution is 2.14. The monoisotopic (exact) mass is 335 g/mol. The third-order valence-corrected chi connectivity index (χ3v) is 4.43. The zero-order chi connectivity index (χ0) is 18.0. The number of hydrogen-bond acceptors (Lipinski definition) is 3. The highest BCUT2D eigenvalue weighted by Gasteiger charge is 2.16. The van der Waals surface area contributed by atoms with Crippen LogP contribution in [-0.4, -0.2) is 27.3 Å². The number of nitrogens with one attached hydrogen (secondary N) is 1. The normalized spacial score (nSPS) is 10.8. The van der Waals surface area contributed by atoms with E-state index in [1.807, 2.05) is 45.0 Å². The van der Waals surface area contributed by atoms with E-state index in [-0.39, 0.29) is 18.0 Å². The van der Waals surface area contributed by atoms with Gasteiger partial charge < -0.3 is 9.88 Å². The molecule has 3 rings (SSSR count). The summed E-state index contributed by atoms with van der Waals surface area (Å²) in [5, 5.41) is 0.551. The minimum absolute atomic E-state index is 0.0681. The molecule has 0 aliphatic carbocycles. The quantitative estimate of drug-likeness (QED) is 0.796. The highest BCUT2D eigenvalue weighted by molar-refractivity contribution is 5.94. The Hall–Kier alpha value is -2.95. The Morgan fingerprint density at radius 1 is 1.12 bits per heavy atom. The van der Waals surface area contributed by atoms with Gasteiger partial charge in [0, 0.05) is 12.1 Å². The summed E-state index contributed by atoms with van der Waals surface area (Å²) in [6, 6.07) is 12.9. The fraction of sp³-hybridized carbons (Fsp3) is 0.250. The largest absolute Gasteiger partial charge is 0.331 e. The topological polar surface area (TPSA) is 66.1 Å². The van der Waals surface area contributed by atoms with E-state index in [1.165, 1.54) is 0 Å². The first-order valence-electron chi connectivity index (χ1n) is 8.34. The number of aromatic nitrogens is 2. The van der Waals surface area contributed by atoms with E-state index in [0.29, 0.717) is 28.8 Å². The zero-order valence-electron chi connectivity index (χ0n) is 14.7. The molecule has 128 valence electrons. The van der Waals surface area contributed by atoms with Crippen LogP contribution in [0.1, 0.15) is 34.2 Å². The van der Waals surface area contributed by atoms with Crippen molar-refractivity contribution in [3.8, 4) is 0 Å². The molecule has 0 aliphatic rings. The van der Waals surface area contributed by atoms with E-state index in [4.69, 9.17) is 0 Å². The predicted molar refractivity (Wildman–Crippen MR) is 98.7 cm³/mol. The fourth-order valence-corrected chi connectivity index (χ4v) is 2.77. The van der Waals surface area contributed by atoms with Crippen molar-refractivity contribution < 1.29 is 4.79 Å². The molecule has 1 N–H and O–H groups in total. The second kappa shape index (κ2) is 6.89. The van der Waals surface area contributed by atoms with Crippen molar-refractivity contribution >= 4 is 16.8 Å². The van der Waals surface area contributed by atoms with Crippen LogP contribution in [0.2, 0.25) is 0 Å². The molecule has 0 spiro atoms. The molecule has 5 nitrogen and oxygen atoms in total. The van der Waals surface area contributed by atoms with Crippen molar-refractivity contribution in [3.05, 3.63) is 75.3 Å². The van der Waals surface area contributed by atoms with E-state index < -0.39 is 0 Å². The van der Waals surface area contributed by atoms with Crippen molar-refractivity contribution in [2.75, 3.05) is 6.54 Å². The van der Waals surface area contributed by atoms with Gasteiger partial charge in [-0.05, 0) is 56.2 Å². The number of amides is 1. The van der Waals surface area contributed by atoms with Crippen LogP contribution >= 0.6 is 0 Å². The molecule has 0 atom stereocenters. The Morgan fingerprint density at radius 3 is 2.60 bits per heavy atom. The number of benzene rings is 2. The lowest BCUT2D eigenvalue weighted by molar-refractivity contribution is 0.0748. The number of aromatic amines is 1. The fourth-order valence-electron chi connectivity index (χ4n) is 2.77. The van der Waals surface area contributed by atoms with E-state index in [0.717, 1.165) is 11.1 Å². The number of aryl methyl sites for hydroxylation is 2. The van der Waals surface area contributed by atoms with Gasteiger partial charge in [-0.2, -0.15) is 0 Å². The van der Waals surface area contributed by atoms with E-state index >= 15 is 0 Å². The van der Waals surface area contributed by atoms with Crippen molar-refractivity contribution in [1.29, 1.82) is 0 Å². The van der Waals surface area contributed by atoms with Gasteiger partial charge in [0.2, 0.25) is 0 Å². The summed E-state index contributed by atoms with van der Waals surface area (Å²) in [6.45, 7) is 6.72. The standard InChI is InChI=1S/C20H21N3O2/c1-4-23(20(25)15-10-9-13(2)14(3)11-15)12-18-21-17-8-6-5-7-16(17)19(24)22-18/h5-11H,4,12H2,1-3H3,(H,21,22,24). The van der Waals surface area contributed by atoms with Gasteiger partial charge in [0.25, 0.3) is 11.5 Å². The first kappa shape index (κ1) is 16.9. The summed E-state index contributed by atoms with van der Waals surface area (Å²) >= 11 is 0. The average Bonchev–Trinajstić information content (AvgIpc) is 2.61. The summed E-state index contributed by atoms with van der Waals surface area (Å²) < 4.78 is 0. The molecule has 25 heavy (non-hydrogen) atoms. The molecule has 3 aromatic rings. The van der Waals surface area contributed by atoms with Gasteiger partial charge in [0.05, 0.1) is 17.4 Å². The smallest absolute Gasteiger partial charge is 0.258 e. The van der Waals surface area contributed by atoms with E-state index in [2.05, 4.69) is 9.97 Å². The number of fused-ring (bicyclic) bond motifs is 1. The Kier molecular flexibility index (Phi) is 4.65. The number of H-pyrrole nitrogens is 1. The number of carbonyl (C=O) groups is 1. The molecular formula is C20H21N3O2. The van der Waals surface area contributed by atoms with Gasteiger partial charge in [-0.25, -0.2) is 4.98 Å². The Bertz CT molecular complexity index is 992. The number of carbonyl (C=O) groups excluding carboxylic acids is 1. The van der Waals surface area contributed by atoms with Gasteiger partial charge in [-0.1, -0.05) is 18.2 Å². The third kappa shape index (κ3) is 3.45. The van der Waals surface area contributed by atoms with Gasteiger partial charge >= 0.3 is 0 Å². The SMILES string of the molecule is CCN(Cc1nc2ccccc2c(=O)[nH]1)C(=O)c1ccc(C)c(C)c1. The van der Waals surface area contributed by atoms with Crippen molar-refractivity contribution in [3.63, 3.8) is 0 Å². The third-order valence-electron chi connectivity index (χ3n) is 4.43. The summed E-state index contributed by atoms with van der Waals surface area (Å²) in [5.41, 5.74) is 3.33. The zero-order valence-corrected chi connectivity index (χ0v) is 14.7. The number of rotatable bonds is 4. The van der Waals surface area contributed by atoms with Crippen molar-refractivity contribution in [1.82, 2.24) is 14.9 Å². The van der Waals surface area contributed by atoms with Gasteiger partial charge in [0.1, 0.15) is 5.82 Å². The number of nitrogens with zero attached hydrogens (tertiary/aromatic N) is 2. The summed E-state index contributed by atoms with van der Waals surface area (Å²) in [4.78, 5) is 33.9. The molecule has 0 aliphatic heterocycles. The van der Waals surface area contributed by atoms with Gasteiger partial charge in [0.15, 0.2) is 0 Å². The molecule has 1 amide bonds. The average molecular weight is 335 g/mol. The van der Waals surface area contributed by atoms with Crippen LogP contribution in [0.25, 0.3) is 10.9 Å². The maximum Gasteiger partial charge on any atom is 0.258 e. The van der Waals surface area contributed by atoms with E-state index in [1.54, 1.807) is 23.1 Å². The van der Waals surface area contributed by atoms with Crippen LogP contribution in [0.3, 0.4) is 0 Å². The molecule has 5 heteroatoms. The molecular weight excluding hydrogens is 314 g/mol. The van der Waals surface area contributed by atoms with Crippen LogP contribution in [0.4, 0.5) is 0 Å². The highest BCUT2D eigenvalue weighted by atomic mass is 16.2. The van der Waals surface area contributed by atoms with Crippen LogP contribution in [0.15, 0.2) is 47.3 Å². The van der Waals surface area contributed by atoms with Crippen LogP contribution in [0, 0.1) is 13.8 Å². The Balaban J connectivity index is 1.90. The molecule has 2 aromatic carbocycles. The number of hydrogen-bond donors (Lipinski definition) is 1. The lowest BCUT2D eigenvalue weighted by Crippen LogP contribution is -2.32. The van der Waals surface area contributed by atoms with Crippen LogP contribution in [0.5, 0.6) is 0 Å². The Labute approximate surface area is 146 Å². The van der Waals surface area contributed by atoms with Gasteiger partial charge in [-0.15, -0.1) is 0 Å². The number of para-hydroxylation sites is 1. The molecule has 1 aromatic heterocycles. The summed E-state index contributed by atoms with van der Waals surface area (Å²) in [7, 11) is 0. The molecule has 0 saturated carbocycles. The summed E-state index contributed by atoms with van der Waals surface area (Å²) in [5.74, 6) is 0.421. The van der Waals surface area contributed by atoms with E-state index in [9.17, 15) is 9.59 Å². The minimum Gasteiger partial charge on any atom is -0.331 e. The molecule has 0 unspecified atom stereocenters.